The van der Waals surface area contributed by atoms with E-state index in [-0.39, 0.29) is 11.4 Å². The Morgan fingerprint density at radius 2 is 1.94 bits per heavy atom. The van der Waals surface area contributed by atoms with Crippen LogP contribution in [0.15, 0.2) is 73.1 Å². The Labute approximate surface area is 204 Å². The monoisotopic (exact) mass is 468 g/mol. The number of non-ortho nitro benzene ring substituents is 1. The molecule has 0 aliphatic heterocycles. The smallest absolute Gasteiger partial charge is 0.270 e. The van der Waals surface area contributed by atoms with Crippen LogP contribution in [0.4, 0.5) is 5.69 Å². The van der Waals surface area contributed by atoms with E-state index >= 15 is 0 Å². The van der Waals surface area contributed by atoms with Crippen LogP contribution in [-0.2, 0) is 6.54 Å². The molecule has 0 amide bonds. The number of nitrogens with zero attached hydrogens (tertiary/aromatic N) is 3. The van der Waals surface area contributed by atoms with Crippen LogP contribution in [0.1, 0.15) is 23.6 Å². The third-order valence-electron chi connectivity index (χ3n) is 5.65. The van der Waals surface area contributed by atoms with Gasteiger partial charge in [0.2, 0.25) is 0 Å². The average molecular weight is 469 g/mol. The summed E-state index contributed by atoms with van der Waals surface area (Å²) in [5.74, 6) is 0. The number of allylic oxidation sites excluding steroid dienone is 1. The summed E-state index contributed by atoms with van der Waals surface area (Å²) in [4.78, 5) is 20.9. The SMILES string of the molecule is CCN/C=C(\C(=N)c1cccc([N+](=O)[O-])c1)c1ccnc2[nH]c(-c3ccc(CN(C)C)cc3)cc12. The van der Waals surface area contributed by atoms with Crippen molar-refractivity contribution in [1.82, 2.24) is 20.2 Å². The molecule has 0 saturated heterocycles. The maximum absolute atomic E-state index is 11.3. The van der Waals surface area contributed by atoms with Gasteiger partial charge in [-0.05, 0) is 49.8 Å². The first-order valence-electron chi connectivity index (χ1n) is 11.4. The van der Waals surface area contributed by atoms with Gasteiger partial charge in [0, 0.05) is 59.8 Å². The Morgan fingerprint density at radius 3 is 2.63 bits per heavy atom. The number of nitrogens with one attached hydrogen (secondary N) is 3. The van der Waals surface area contributed by atoms with Crippen LogP contribution in [0.3, 0.4) is 0 Å². The van der Waals surface area contributed by atoms with E-state index in [1.165, 1.54) is 17.7 Å². The fourth-order valence-corrected chi connectivity index (χ4v) is 3.99. The predicted molar refractivity (Wildman–Crippen MR) is 140 cm³/mol. The molecule has 0 unspecified atom stereocenters. The molecule has 0 saturated carbocycles. The lowest BCUT2D eigenvalue weighted by atomic mass is 9.95. The van der Waals surface area contributed by atoms with E-state index in [9.17, 15) is 10.1 Å². The van der Waals surface area contributed by atoms with Gasteiger partial charge in [0.25, 0.3) is 5.69 Å². The molecular formula is C27H28N6O2. The Kier molecular flexibility index (Phi) is 7.03. The number of nitro benzene ring substituents is 1. The molecule has 8 nitrogen and oxygen atoms in total. The molecule has 2 aromatic carbocycles. The molecule has 3 N–H and O–H groups in total. The minimum atomic E-state index is -0.447. The standard InChI is InChI=1S/C27H28N6O2/c1-4-29-16-24(26(28)20-6-5-7-21(14-20)33(34)35)22-12-13-30-27-23(22)15-25(31-27)19-10-8-18(9-11-19)17-32(2)3/h5-16,28-29H,4,17H2,1-3H3,(H,30,31)/b24-16-,28-26?. The first kappa shape index (κ1) is 23.8. The van der Waals surface area contributed by atoms with Crippen LogP contribution in [0.25, 0.3) is 27.9 Å². The Bertz CT molecular complexity index is 1400. The number of benzene rings is 2. The topological polar surface area (TPSA) is 111 Å². The summed E-state index contributed by atoms with van der Waals surface area (Å²) in [6, 6.07) is 18.5. The van der Waals surface area contributed by atoms with Crippen LogP contribution in [0.2, 0.25) is 0 Å². The van der Waals surface area contributed by atoms with Gasteiger partial charge in [-0.2, -0.15) is 0 Å². The van der Waals surface area contributed by atoms with E-state index < -0.39 is 4.92 Å². The highest BCUT2D eigenvalue weighted by atomic mass is 16.6. The van der Waals surface area contributed by atoms with Crippen molar-refractivity contribution in [3.63, 3.8) is 0 Å². The van der Waals surface area contributed by atoms with Crippen molar-refractivity contribution in [2.75, 3.05) is 20.6 Å². The summed E-state index contributed by atoms with van der Waals surface area (Å²) in [7, 11) is 4.09. The number of aromatic nitrogens is 2. The molecule has 0 bridgehead atoms. The van der Waals surface area contributed by atoms with Crippen molar-refractivity contribution < 1.29 is 4.92 Å². The number of nitro groups is 1. The number of pyridine rings is 1. The Morgan fingerprint density at radius 1 is 1.17 bits per heavy atom. The summed E-state index contributed by atoms with van der Waals surface area (Å²) < 4.78 is 0. The largest absolute Gasteiger partial charge is 0.391 e. The number of fused-ring (bicyclic) bond motifs is 1. The Hall–Kier alpha value is -4.30. The highest BCUT2D eigenvalue weighted by molar-refractivity contribution is 6.32. The molecule has 8 heteroatoms. The van der Waals surface area contributed by atoms with Crippen LogP contribution in [0.5, 0.6) is 0 Å². The lowest BCUT2D eigenvalue weighted by Gasteiger charge is -2.12. The molecule has 4 rings (SSSR count). The maximum atomic E-state index is 11.3. The summed E-state index contributed by atoms with van der Waals surface area (Å²) >= 11 is 0. The zero-order valence-electron chi connectivity index (χ0n) is 20.0. The number of H-pyrrole nitrogens is 1. The molecule has 0 radical (unpaired) electrons. The van der Waals surface area contributed by atoms with E-state index in [1.807, 2.05) is 33.2 Å². The van der Waals surface area contributed by atoms with Crippen molar-refractivity contribution in [3.05, 3.63) is 99.9 Å². The molecule has 0 spiro atoms. The third kappa shape index (κ3) is 5.28. The van der Waals surface area contributed by atoms with Crippen molar-refractivity contribution in [2.45, 2.75) is 13.5 Å². The van der Waals surface area contributed by atoms with Gasteiger partial charge in [0.15, 0.2) is 0 Å². The second-order valence-electron chi connectivity index (χ2n) is 8.54. The molecule has 35 heavy (non-hydrogen) atoms. The molecule has 0 atom stereocenters. The van der Waals surface area contributed by atoms with E-state index in [0.29, 0.717) is 23.3 Å². The molecule has 178 valence electrons. The van der Waals surface area contributed by atoms with Crippen LogP contribution in [0, 0.1) is 15.5 Å². The normalized spacial score (nSPS) is 11.7. The van der Waals surface area contributed by atoms with Gasteiger partial charge < -0.3 is 15.2 Å². The number of rotatable bonds is 9. The zero-order chi connectivity index (χ0) is 24.9. The first-order valence-corrected chi connectivity index (χ1v) is 11.4. The van der Waals surface area contributed by atoms with Gasteiger partial charge in [-0.25, -0.2) is 4.98 Å². The number of hydrogen-bond donors (Lipinski definition) is 3. The van der Waals surface area contributed by atoms with Crippen LogP contribution in [-0.4, -0.2) is 46.1 Å². The summed E-state index contributed by atoms with van der Waals surface area (Å²) in [6.45, 7) is 3.52. The van der Waals surface area contributed by atoms with Gasteiger partial charge in [0.1, 0.15) is 5.65 Å². The zero-order valence-corrected chi connectivity index (χ0v) is 20.0. The van der Waals surface area contributed by atoms with Gasteiger partial charge in [-0.15, -0.1) is 0 Å². The van der Waals surface area contributed by atoms with E-state index in [1.54, 1.807) is 24.5 Å². The quantitative estimate of drug-likeness (QED) is 0.177. The van der Waals surface area contributed by atoms with Crippen molar-refractivity contribution in [1.29, 1.82) is 5.41 Å². The molecule has 0 aliphatic carbocycles. The number of aromatic amines is 1. The lowest BCUT2D eigenvalue weighted by molar-refractivity contribution is -0.384. The lowest BCUT2D eigenvalue weighted by Crippen LogP contribution is -2.10. The Balaban J connectivity index is 1.76. The maximum Gasteiger partial charge on any atom is 0.270 e. The highest BCUT2D eigenvalue weighted by Crippen LogP contribution is 2.31. The summed E-state index contributed by atoms with van der Waals surface area (Å²) in [5, 5.41) is 24.2. The minimum Gasteiger partial charge on any atom is -0.391 e. The fourth-order valence-electron chi connectivity index (χ4n) is 3.99. The molecule has 0 fully saturated rings. The second kappa shape index (κ2) is 10.3. The van der Waals surface area contributed by atoms with E-state index in [0.717, 1.165) is 28.8 Å². The molecular weight excluding hydrogens is 440 g/mol. The second-order valence-corrected chi connectivity index (χ2v) is 8.54. The molecule has 2 heterocycles. The van der Waals surface area contributed by atoms with Crippen LogP contribution < -0.4 is 5.32 Å². The molecule has 4 aromatic rings. The van der Waals surface area contributed by atoms with Gasteiger partial charge in [0.05, 0.1) is 10.6 Å². The molecule has 0 aliphatic rings. The first-order chi connectivity index (χ1) is 16.9. The fraction of sp³-hybridized carbons (Fsp3) is 0.185. The summed E-state index contributed by atoms with van der Waals surface area (Å²) in [6.07, 6.45) is 3.50. The van der Waals surface area contributed by atoms with Crippen molar-refractivity contribution in [2.24, 2.45) is 0 Å². The van der Waals surface area contributed by atoms with E-state index in [2.05, 4.69) is 44.5 Å². The minimum absolute atomic E-state index is 0.0448. The molecule has 2 aromatic heterocycles. The highest BCUT2D eigenvalue weighted by Gasteiger charge is 2.18. The van der Waals surface area contributed by atoms with Gasteiger partial charge in [-0.3, -0.25) is 15.5 Å². The third-order valence-corrected chi connectivity index (χ3v) is 5.65. The van der Waals surface area contributed by atoms with Crippen LogP contribution >= 0.6 is 0 Å². The van der Waals surface area contributed by atoms with Gasteiger partial charge >= 0.3 is 0 Å². The van der Waals surface area contributed by atoms with Crippen molar-refractivity contribution >= 4 is 28.0 Å². The average Bonchev–Trinajstić information content (AvgIpc) is 3.29. The van der Waals surface area contributed by atoms with Crippen molar-refractivity contribution in [3.8, 4) is 11.3 Å². The van der Waals surface area contributed by atoms with Gasteiger partial charge in [-0.1, -0.05) is 36.4 Å². The predicted octanol–water partition coefficient (Wildman–Crippen LogP) is 5.22. The van der Waals surface area contributed by atoms with E-state index in [4.69, 9.17) is 5.41 Å². The summed E-state index contributed by atoms with van der Waals surface area (Å²) in [5.41, 5.74) is 5.99. The number of hydrogen-bond acceptors (Lipinski definition) is 6.